The van der Waals surface area contributed by atoms with E-state index < -0.39 is 0 Å². The summed E-state index contributed by atoms with van der Waals surface area (Å²) in [4.78, 5) is 42.7. The molecule has 1 aliphatic rings. The van der Waals surface area contributed by atoms with E-state index in [0.29, 0.717) is 107 Å². The second-order valence-corrected chi connectivity index (χ2v) is 23.2. The SMILES string of the molecule is [C-]#[N+]c1ccc(/C(=C/CCCN2CCOC2=O)c2cc(C)c(OC)c(/C(Cl)=N/OC)c2)cc1.[C-]#[N+]c1ccc(/C(=C/CCCc2nc(C)no2)c2cc(C)c(OC)c(/C(Cl)=N/OC)c2)cc1.[C-]#[N+]c1ccc(/C(=C/CCCc2nnc(C)o2)c2cc(C)c(OC)c(/C(Cl)=N/OC)c2)cc1. The van der Waals surface area contributed by atoms with E-state index in [0.717, 1.165) is 105 Å². The van der Waals surface area contributed by atoms with Crippen LogP contribution in [0.25, 0.3) is 31.3 Å². The van der Waals surface area contributed by atoms with Crippen LogP contribution in [0.5, 0.6) is 17.2 Å². The molecule has 1 fully saturated rings. The highest BCUT2D eigenvalue weighted by molar-refractivity contribution is 6.70. The largest absolute Gasteiger partial charge is 0.496 e. The normalized spacial score (nSPS) is 12.6. The first-order valence-electron chi connectivity index (χ1n) is 31.3. The fourth-order valence-electron chi connectivity index (χ4n) is 10.8. The van der Waals surface area contributed by atoms with Gasteiger partial charge < -0.3 is 47.3 Å². The zero-order chi connectivity index (χ0) is 71.4. The molecule has 6 aromatic carbocycles. The number of benzene rings is 6. The highest BCUT2D eigenvalue weighted by Crippen LogP contribution is 2.38. The number of nitrogens with zero attached hydrogens (tertiary/aromatic N) is 11. The van der Waals surface area contributed by atoms with Gasteiger partial charge >= 0.3 is 6.09 Å². The molecule has 1 saturated heterocycles. The Morgan fingerprint density at radius 3 is 1.20 bits per heavy atom. The van der Waals surface area contributed by atoms with Crippen LogP contribution in [0.2, 0.25) is 0 Å². The van der Waals surface area contributed by atoms with Gasteiger partial charge in [-0.2, -0.15) is 4.98 Å². The number of allylic oxidation sites excluding steroid dienone is 3. The molecule has 9 rings (SSSR count). The first-order valence-corrected chi connectivity index (χ1v) is 32.5. The van der Waals surface area contributed by atoms with Crippen molar-refractivity contribution < 1.29 is 47.2 Å². The van der Waals surface area contributed by atoms with Crippen molar-refractivity contribution in [3.8, 4) is 17.2 Å². The summed E-state index contributed by atoms with van der Waals surface area (Å²) < 4.78 is 32.4. The van der Waals surface area contributed by atoms with Gasteiger partial charge in [0.15, 0.2) is 38.4 Å². The number of unbranched alkanes of at least 4 members (excludes halogenated alkanes) is 3. The molecular formula is C75H76Cl3N11O10. The molecule has 512 valence electrons. The van der Waals surface area contributed by atoms with Gasteiger partial charge in [-0.3, -0.25) is 0 Å². The van der Waals surface area contributed by atoms with Gasteiger partial charge in [-0.25, -0.2) is 19.3 Å². The molecule has 1 aliphatic heterocycles. The van der Waals surface area contributed by atoms with E-state index in [4.69, 9.17) is 96.9 Å². The van der Waals surface area contributed by atoms with Crippen molar-refractivity contribution in [2.45, 2.75) is 86.0 Å². The van der Waals surface area contributed by atoms with Gasteiger partial charge in [0, 0.05) is 26.3 Å². The second kappa shape index (κ2) is 38.3. The Bertz CT molecular complexity index is 4210. The molecular weight excluding hydrogens is 1320 g/mol. The summed E-state index contributed by atoms with van der Waals surface area (Å²) in [6, 6.07) is 34.4. The molecule has 24 heteroatoms. The zero-order valence-corrected chi connectivity index (χ0v) is 59.3. The minimum absolute atomic E-state index is 0.189. The Balaban J connectivity index is 0.000000209. The summed E-state index contributed by atoms with van der Waals surface area (Å²) in [6.07, 6.45) is 12.4. The summed E-state index contributed by atoms with van der Waals surface area (Å²) >= 11 is 19.2. The van der Waals surface area contributed by atoms with Crippen LogP contribution in [-0.4, -0.2) is 109 Å². The third-order valence-corrected chi connectivity index (χ3v) is 16.1. The Labute approximate surface area is 592 Å². The van der Waals surface area contributed by atoms with Crippen LogP contribution in [0.15, 0.2) is 152 Å². The molecule has 0 radical (unpaired) electrons. The van der Waals surface area contributed by atoms with E-state index in [1.807, 2.05) is 106 Å². The van der Waals surface area contributed by atoms with E-state index in [2.05, 4.69) is 80.7 Å². The predicted molar refractivity (Wildman–Crippen MR) is 387 cm³/mol. The quantitative estimate of drug-likeness (QED) is 0.0203. The molecule has 0 spiro atoms. The number of aryl methyl sites for hydroxylation is 7. The molecule has 0 saturated carbocycles. The maximum absolute atomic E-state index is 11.7. The molecule has 3 heterocycles. The fraction of sp³-hybridized carbons (Fsp3) is 0.293. The van der Waals surface area contributed by atoms with E-state index in [1.165, 1.54) is 21.3 Å². The molecule has 21 nitrogen and oxygen atoms in total. The Kier molecular flexibility index (Phi) is 29.2. The average Bonchev–Trinajstić information content (AvgIpc) is 1.29. The van der Waals surface area contributed by atoms with E-state index in [9.17, 15) is 4.79 Å². The van der Waals surface area contributed by atoms with Gasteiger partial charge in [-0.1, -0.05) is 146 Å². The third kappa shape index (κ3) is 21.1. The van der Waals surface area contributed by atoms with Crippen LogP contribution in [0, 0.1) is 54.3 Å². The number of carbonyl (C=O) groups is 1. The summed E-state index contributed by atoms with van der Waals surface area (Å²) in [5, 5.41) is 24.0. The molecule has 1 amide bonds. The lowest BCUT2D eigenvalue weighted by Crippen LogP contribution is -2.25. The Morgan fingerprint density at radius 1 is 0.525 bits per heavy atom. The van der Waals surface area contributed by atoms with Crippen molar-refractivity contribution in [1.29, 1.82) is 0 Å². The van der Waals surface area contributed by atoms with Crippen molar-refractivity contribution >= 4 is 90.2 Å². The van der Waals surface area contributed by atoms with E-state index in [-0.39, 0.29) is 21.6 Å². The Morgan fingerprint density at radius 2 is 0.899 bits per heavy atom. The number of amides is 1. The van der Waals surface area contributed by atoms with Gasteiger partial charge in [0.25, 0.3) is 0 Å². The lowest BCUT2D eigenvalue weighted by molar-refractivity contribution is 0.158. The molecule has 0 aliphatic carbocycles. The fourth-order valence-corrected chi connectivity index (χ4v) is 11.5. The molecule has 0 bridgehead atoms. The van der Waals surface area contributed by atoms with Gasteiger partial charge in [-0.05, 0) is 169 Å². The first kappa shape index (κ1) is 75.6. The minimum atomic E-state index is -0.253. The number of methoxy groups -OCH3 is 3. The maximum Gasteiger partial charge on any atom is 0.409 e. The van der Waals surface area contributed by atoms with Crippen LogP contribution in [0.3, 0.4) is 0 Å². The number of cyclic esters (lactones) is 1. The number of ether oxygens (including phenoxy) is 4. The highest BCUT2D eigenvalue weighted by Gasteiger charge is 2.23. The third-order valence-electron chi connectivity index (χ3n) is 15.3. The molecule has 99 heavy (non-hydrogen) atoms. The van der Waals surface area contributed by atoms with Crippen molar-refractivity contribution in [2.75, 3.05) is 62.4 Å². The standard InChI is InChI=1S/2C25H25ClN4O3.C25H26ClN3O4/c1-16-14-19(15-22(24(16)31-4)25(26)30-32-5)21(18-10-12-20(27-3)13-11-18)8-6-7-9-23-29-28-17(2)33-23;1-16-14-19(15-22(24(16)31-4)25(26)30-32-5)21(18-10-12-20(27-3)13-11-18)8-6-7-9-23-28-17(2)29-33-23;1-17-15-19(16-22(23(17)31-3)24(26)28-32-4)21(18-8-10-20(27-2)11-9-18)7-5-6-12-29-13-14-33-25(29)30/h2*8,10-15H,6-7,9H2,1-2,4-5H3;7-11,15-16H,5-6,12-14H2,1,3-4H3/b2*21-8-,30-25-;21-7-,28-24-. The monoisotopic (exact) mass is 1400 g/mol. The van der Waals surface area contributed by atoms with Crippen LogP contribution in [0.4, 0.5) is 21.9 Å². The Hall–Kier alpha value is -10.8. The summed E-state index contributed by atoms with van der Waals surface area (Å²) in [5.74, 6) is 4.37. The lowest BCUT2D eigenvalue weighted by atomic mass is 9.93. The average molecular weight is 1400 g/mol. The van der Waals surface area contributed by atoms with Crippen LogP contribution < -0.4 is 14.2 Å². The van der Waals surface area contributed by atoms with Crippen molar-refractivity contribution in [3.63, 3.8) is 0 Å². The first-order chi connectivity index (χ1) is 47.9. The number of hydrogen-bond acceptors (Lipinski definition) is 17. The minimum Gasteiger partial charge on any atom is -0.496 e. The second-order valence-electron chi connectivity index (χ2n) is 22.1. The molecule has 2 aromatic heterocycles. The molecule has 0 unspecified atom stereocenters. The number of halogens is 3. The van der Waals surface area contributed by atoms with Crippen molar-refractivity contribution in [1.82, 2.24) is 25.2 Å². The van der Waals surface area contributed by atoms with E-state index >= 15 is 0 Å². The number of aromatic nitrogens is 4. The summed E-state index contributed by atoms with van der Waals surface area (Å²) in [6.45, 7) is 32.8. The zero-order valence-electron chi connectivity index (χ0n) is 57.0. The van der Waals surface area contributed by atoms with Crippen LogP contribution >= 0.6 is 34.8 Å². The van der Waals surface area contributed by atoms with Crippen LogP contribution in [0.1, 0.15) is 129 Å². The summed E-state index contributed by atoms with van der Waals surface area (Å²) in [7, 11) is 9.11. The topological polar surface area (TPSA) is 213 Å². The number of oxime groups is 3. The smallest absolute Gasteiger partial charge is 0.409 e. The van der Waals surface area contributed by atoms with Gasteiger partial charge in [-0.15, -0.1) is 10.2 Å². The van der Waals surface area contributed by atoms with Crippen molar-refractivity contribution in [3.05, 3.63) is 252 Å². The predicted octanol–water partition coefficient (Wildman–Crippen LogP) is 18.3. The number of rotatable bonds is 27. The van der Waals surface area contributed by atoms with Crippen LogP contribution in [-0.2, 0) is 32.1 Å². The van der Waals surface area contributed by atoms with Gasteiger partial charge in [0.1, 0.15) is 45.2 Å². The highest BCUT2D eigenvalue weighted by atomic mass is 35.5. The summed E-state index contributed by atoms with van der Waals surface area (Å²) in [5.41, 5.74) is 15.2. The molecule has 0 atom stereocenters. The number of hydrogen-bond donors (Lipinski definition) is 0. The molecule has 8 aromatic rings. The van der Waals surface area contributed by atoms with E-state index in [1.54, 1.807) is 52.2 Å². The number of carbonyl (C=O) groups excluding carboxylic acids is 1. The van der Waals surface area contributed by atoms with Gasteiger partial charge in [0.05, 0.1) is 64.3 Å². The van der Waals surface area contributed by atoms with Crippen molar-refractivity contribution in [2.24, 2.45) is 15.5 Å². The maximum atomic E-state index is 11.7. The lowest BCUT2D eigenvalue weighted by Gasteiger charge is -2.16. The van der Waals surface area contributed by atoms with Gasteiger partial charge in [0.2, 0.25) is 17.7 Å². The molecule has 0 N–H and O–H groups in total.